The summed E-state index contributed by atoms with van der Waals surface area (Å²) in [6.07, 6.45) is 0. The molecule has 4 aromatic rings. The fraction of sp³-hybridized carbons (Fsp3) is 0.120. The van der Waals surface area contributed by atoms with Gasteiger partial charge < -0.3 is 4.42 Å². The summed E-state index contributed by atoms with van der Waals surface area (Å²) in [5, 5.41) is 0.900. The van der Waals surface area contributed by atoms with Crippen LogP contribution in [0.5, 0.6) is 0 Å². The molecular weight excluding hydrogens is 417 g/mol. The molecule has 154 valence electrons. The zero-order chi connectivity index (χ0) is 21.9. The fourth-order valence-electron chi connectivity index (χ4n) is 4.09. The van der Waals surface area contributed by atoms with Gasteiger partial charge in [-0.05, 0) is 79.1 Å². The van der Waals surface area contributed by atoms with Gasteiger partial charge in [0.25, 0.3) is 5.91 Å². The predicted molar refractivity (Wildman–Crippen MR) is 118 cm³/mol. The Bertz CT molecular complexity index is 1430. The fourth-order valence-corrected chi connectivity index (χ4v) is 4.29. The Hall–Kier alpha value is -3.44. The zero-order valence-corrected chi connectivity index (χ0v) is 17.5. The molecule has 0 radical (unpaired) electrons. The largest absolute Gasteiger partial charge is 0.450 e. The molecule has 2 heterocycles. The predicted octanol–water partition coefficient (Wildman–Crippen LogP) is 5.95. The van der Waals surface area contributed by atoms with Crippen molar-refractivity contribution in [3.8, 4) is 0 Å². The molecule has 4 nitrogen and oxygen atoms in total. The third-order valence-electron chi connectivity index (χ3n) is 5.76. The number of hydrogen-bond donors (Lipinski definition) is 0. The van der Waals surface area contributed by atoms with Crippen molar-refractivity contribution in [2.24, 2.45) is 0 Å². The Labute approximate surface area is 182 Å². The van der Waals surface area contributed by atoms with Gasteiger partial charge in [-0.3, -0.25) is 14.5 Å². The van der Waals surface area contributed by atoms with Gasteiger partial charge in [-0.15, -0.1) is 0 Å². The number of hydrogen-bond acceptors (Lipinski definition) is 3. The summed E-state index contributed by atoms with van der Waals surface area (Å²) in [4.78, 5) is 28.5. The number of nitrogens with zero attached hydrogens (tertiary/aromatic N) is 1. The topological polar surface area (TPSA) is 50.5 Å². The van der Waals surface area contributed by atoms with Crippen molar-refractivity contribution < 1.29 is 13.6 Å². The smallest absolute Gasteiger partial charge is 0.295 e. The van der Waals surface area contributed by atoms with Crippen molar-refractivity contribution in [3.63, 3.8) is 0 Å². The average Bonchev–Trinajstić information content (AvgIpc) is 3.03. The van der Waals surface area contributed by atoms with Crippen LogP contribution < -0.4 is 10.3 Å². The lowest BCUT2D eigenvalue weighted by molar-refractivity contribution is 0.0971. The lowest BCUT2D eigenvalue weighted by Crippen LogP contribution is -2.29. The first-order valence-electron chi connectivity index (χ1n) is 9.77. The van der Waals surface area contributed by atoms with Crippen LogP contribution in [0.4, 0.5) is 10.1 Å². The monoisotopic (exact) mass is 433 g/mol. The highest BCUT2D eigenvalue weighted by Crippen LogP contribution is 2.41. The first-order chi connectivity index (χ1) is 14.8. The van der Waals surface area contributed by atoms with E-state index in [0.29, 0.717) is 27.2 Å². The van der Waals surface area contributed by atoms with Gasteiger partial charge in [-0.1, -0.05) is 23.7 Å². The number of benzene rings is 3. The molecule has 31 heavy (non-hydrogen) atoms. The van der Waals surface area contributed by atoms with Crippen LogP contribution in [0.2, 0.25) is 5.02 Å². The second-order valence-corrected chi connectivity index (χ2v) is 8.15. The molecule has 6 heteroatoms. The number of aryl methyl sites for hydroxylation is 2. The van der Waals surface area contributed by atoms with E-state index in [4.69, 9.17) is 16.0 Å². The standard InChI is InChI=1S/C25H17ClFNO3/c1-13-10-19-20(11-14(13)2)31-24-21(23(19)29)22(15-4-3-5-16(26)12-15)28(25(24)30)18-8-6-17(27)7-9-18/h3-12,22H,1-2H3. The maximum absolute atomic E-state index is 13.6. The first-order valence-corrected chi connectivity index (χ1v) is 10.2. The van der Waals surface area contributed by atoms with Crippen molar-refractivity contribution in [3.05, 3.63) is 110 Å². The van der Waals surface area contributed by atoms with Crippen LogP contribution in [0, 0.1) is 19.7 Å². The van der Waals surface area contributed by atoms with Gasteiger partial charge in [0.1, 0.15) is 11.4 Å². The SMILES string of the molecule is Cc1cc2oc3c(c(=O)c2cc1C)C(c1cccc(Cl)c1)N(c1ccc(F)cc1)C3=O. The average molecular weight is 434 g/mol. The minimum atomic E-state index is -0.742. The van der Waals surface area contributed by atoms with Crippen LogP contribution in [0.3, 0.4) is 0 Å². The number of carbonyl (C=O) groups excluding carboxylic acids is 1. The minimum absolute atomic E-state index is 0.00458. The van der Waals surface area contributed by atoms with E-state index in [1.165, 1.54) is 29.2 Å². The maximum Gasteiger partial charge on any atom is 0.295 e. The van der Waals surface area contributed by atoms with Gasteiger partial charge >= 0.3 is 0 Å². The summed E-state index contributed by atoms with van der Waals surface area (Å²) in [6, 6.07) is 15.4. The summed E-state index contributed by atoms with van der Waals surface area (Å²) in [5.74, 6) is -0.878. The molecule has 0 saturated heterocycles. The molecule has 1 amide bonds. The number of anilines is 1. The van der Waals surface area contributed by atoms with Crippen molar-refractivity contribution in [1.29, 1.82) is 0 Å². The van der Waals surface area contributed by atoms with Gasteiger partial charge in [0.05, 0.1) is 17.0 Å². The van der Waals surface area contributed by atoms with E-state index in [0.717, 1.165) is 11.1 Å². The number of halogens is 2. The maximum atomic E-state index is 13.6. The second kappa shape index (κ2) is 7.06. The van der Waals surface area contributed by atoms with Gasteiger partial charge in [-0.2, -0.15) is 0 Å². The zero-order valence-electron chi connectivity index (χ0n) is 16.8. The molecule has 1 aromatic heterocycles. The molecule has 1 atom stereocenters. The van der Waals surface area contributed by atoms with Gasteiger partial charge in [0, 0.05) is 10.7 Å². The van der Waals surface area contributed by atoms with Crippen molar-refractivity contribution >= 4 is 34.2 Å². The number of carbonyl (C=O) groups is 1. The van der Waals surface area contributed by atoms with Crippen LogP contribution >= 0.6 is 11.6 Å². The molecular formula is C25H17ClFNO3. The molecule has 0 spiro atoms. The summed E-state index contributed by atoms with van der Waals surface area (Å²) in [6.45, 7) is 3.84. The van der Waals surface area contributed by atoms with Crippen LogP contribution in [-0.4, -0.2) is 5.91 Å². The molecule has 1 aliphatic heterocycles. The second-order valence-electron chi connectivity index (χ2n) is 7.72. The molecule has 1 aliphatic rings. The molecule has 1 unspecified atom stereocenters. The van der Waals surface area contributed by atoms with E-state index in [1.54, 1.807) is 36.4 Å². The number of amides is 1. The molecule has 3 aromatic carbocycles. The van der Waals surface area contributed by atoms with Gasteiger partial charge in [-0.25, -0.2) is 4.39 Å². The molecule has 0 fully saturated rings. The quantitative estimate of drug-likeness (QED) is 0.392. The summed E-state index contributed by atoms with van der Waals surface area (Å²) in [7, 11) is 0. The van der Waals surface area contributed by atoms with Crippen LogP contribution in [0.25, 0.3) is 11.0 Å². The van der Waals surface area contributed by atoms with E-state index in [1.807, 2.05) is 13.8 Å². The lowest BCUT2D eigenvalue weighted by Gasteiger charge is -2.25. The van der Waals surface area contributed by atoms with Crippen molar-refractivity contribution in [1.82, 2.24) is 0 Å². The Balaban J connectivity index is 1.83. The van der Waals surface area contributed by atoms with E-state index in [9.17, 15) is 14.0 Å². The molecule has 0 bridgehead atoms. The van der Waals surface area contributed by atoms with Gasteiger partial charge in [0.15, 0.2) is 5.43 Å². The summed E-state index contributed by atoms with van der Waals surface area (Å²) < 4.78 is 19.5. The summed E-state index contributed by atoms with van der Waals surface area (Å²) in [5.41, 5.74) is 3.40. The number of rotatable bonds is 2. The molecule has 0 N–H and O–H groups in total. The molecule has 0 aliphatic carbocycles. The first kappa shape index (κ1) is 19.5. The number of fused-ring (bicyclic) bond motifs is 2. The lowest BCUT2D eigenvalue weighted by atomic mass is 9.97. The third kappa shape index (κ3) is 3.04. The van der Waals surface area contributed by atoms with E-state index in [2.05, 4.69) is 0 Å². The van der Waals surface area contributed by atoms with Crippen LogP contribution in [0.15, 0.2) is 69.9 Å². The highest BCUT2D eigenvalue weighted by molar-refractivity contribution is 6.30. The normalized spacial score (nSPS) is 15.5. The van der Waals surface area contributed by atoms with E-state index in [-0.39, 0.29) is 16.8 Å². The highest BCUT2D eigenvalue weighted by atomic mass is 35.5. The van der Waals surface area contributed by atoms with Crippen LogP contribution in [-0.2, 0) is 0 Å². The van der Waals surface area contributed by atoms with Gasteiger partial charge in [0.2, 0.25) is 5.76 Å². The Morgan fingerprint density at radius 1 is 0.968 bits per heavy atom. The van der Waals surface area contributed by atoms with Crippen molar-refractivity contribution in [2.45, 2.75) is 19.9 Å². The minimum Gasteiger partial charge on any atom is -0.450 e. The van der Waals surface area contributed by atoms with Crippen LogP contribution in [0.1, 0.15) is 38.9 Å². The molecule has 5 rings (SSSR count). The third-order valence-corrected chi connectivity index (χ3v) is 5.99. The van der Waals surface area contributed by atoms with E-state index >= 15 is 0 Å². The molecule has 0 saturated carbocycles. The van der Waals surface area contributed by atoms with Crippen molar-refractivity contribution in [2.75, 3.05) is 4.90 Å². The Morgan fingerprint density at radius 3 is 2.39 bits per heavy atom. The summed E-state index contributed by atoms with van der Waals surface area (Å²) >= 11 is 6.22. The Kier molecular flexibility index (Phi) is 4.45. The Morgan fingerprint density at radius 2 is 1.68 bits per heavy atom. The van der Waals surface area contributed by atoms with E-state index < -0.39 is 17.8 Å². The highest BCUT2D eigenvalue weighted by Gasteiger charge is 2.43.